The molecular weight excluding hydrogens is 316 g/mol. The molecule has 1 aromatic heterocycles. The normalized spacial score (nSPS) is 20.6. The summed E-state index contributed by atoms with van der Waals surface area (Å²) in [7, 11) is 1.89. The van der Waals surface area contributed by atoms with Crippen LogP contribution in [0.3, 0.4) is 0 Å². The van der Waals surface area contributed by atoms with Crippen LogP contribution in [-0.2, 0) is 13.5 Å². The summed E-state index contributed by atoms with van der Waals surface area (Å²) in [6.45, 7) is 4.49. The van der Waals surface area contributed by atoms with E-state index in [0.717, 1.165) is 38.3 Å². The van der Waals surface area contributed by atoms with Crippen molar-refractivity contribution >= 4 is 11.7 Å². The van der Waals surface area contributed by atoms with Crippen LogP contribution in [-0.4, -0.2) is 51.4 Å². The van der Waals surface area contributed by atoms with Gasteiger partial charge < -0.3 is 19.7 Å². The van der Waals surface area contributed by atoms with Crippen LogP contribution < -0.4 is 10.2 Å². The Morgan fingerprint density at radius 2 is 2.16 bits per heavy atom. The summed E-state index contributed by atoms with van der Waals surface area (Å²) >= 11 is 0. The summed E-state index contributed by atoms with van der Waals surface area (Å²) in [5.41, 5.74) is 2.73. The Labute approximate surface area is 147 Å². The SMILES string of the molecule is CC(NC(=O)N1CCCN2c3ccccc3CC2C1)c1nncn1C. The topological polar surface area (TPSA) is 66.3 Å². The van der Waals surface area contributed by atoms with Crippen LogP contribution in [0.1, 0.15) is 30.8 Å². The zero-order valence-corrected chi connectivity index (χ0v) is 14.7. The van der Waals surface area contributed by atoms with E-state index in [1.807, 2.05) is 23.4 Å². The molecule has 3 heterocycles. The Bertz CT molecular complexity index is 772. The number of amides is 2. The molecule has 1 N–H and O–H groups in total. The number of anilines is 1. The quantitative estimate of drug-likeness (QED) is 0.904. The smallest absolute Gasteiger partial charge is 0.318 e. The number of hydrogen-bond acceptors (Lipinski definition) is 4. The van der Waals surface area contributed by atoms with Gasteiger partial charge in [0.25, 0.3) is 0 Å². The van der Waals surface area contributed by atoms with E-state index in [9.17, 15) is 4.79 Å². The fourth-order valence-electron chi connectivity index (χ4n) is 3.98. The van der Waals surface area contributed by atoms with E-state index >= 15 is 0 Å². The lowest BCUT2D eigenvalue weighted by molar-refractivity contribution is 0.193. The van der Waals surface area contributed by atoms with Crippen LogP contribution >= 0.6 is 0 Å². The summed E-state index contributed by atoms with van der Waals surface area (Å²) < 4.78 is 1.84. The molecule has 2 aliphatic rings. The Morgan fingerprint density at radius 3 is 2.96 bits per heavy atom. The first-order valence-corrected chi connectivity index (χ1v) is 8.87. The molecule has 0 aliphatic carbocycles. The zero-order valence-electron chi connectivity index (χ0n) is 14.7. The van der Waals surface area contributed by atoms with Gasteiger partial charge in [-0.2, -0.15) is 0 Å². The van der Waals surface area contributed by atoms with Gasteiger partial charge in [0.15, 0.2) is 5.82 Å². The molecule has 7 nitrogen and oxygen atoms in total. The van der Waals surface area contributed by atoms with Crippen molar-refractivity contribution in [3.05, 3.63) is 42.0 Å². The molecule has 2 aromatic rings. The van der Waals surface area contributed by atoms with Gasteiger partial charge in [-0.15, -0.1) is 10.2 Å². The Hall–Kier alpha value is -2.57. The van der Waals surface area contributed by atoms with E-state index in [1.165, 1.54) is 11.3 Å². The largest absolute Gasteiger partial charge is 0.366 e. The van der Waals surface area contributed by atoms with Crippen molar-refractivity contribution in [3.63, 3.8) is 0 Å². The molecule has 2 aliphatic heterocycles. The van der Waals surface area contributed by atoms with Crippen LogP contribution in [0.5, 0.6) is 0 Å². The van der Waals surface area contributed by atoms with Crippen molar-refractivity contribution in [1.29, 1.82) is 0 Å². The first kappa shape index (κ1) is 15.9. The first-order valence-electron chi connectivity index (χ1n) is 8.87. The molecule has 4 rings (SSSR count). The minimum atomic E-state index is -0.167. The summed E-state index contributed by atoms with van der Waals surface area (Å²) in [6.07, 6.45) is 3.65. The molecule has 0 spiro atoms. The van der Waals surface area contributed by atoms with Gasteiger partial charge in [-0.05, 0) is 31.4 Å². The number of aromatic nitrogens is 3. The molecule has 2 amide bonds. The van der Waals surface area contributed by atoms with Crippen LogP contribution in [0.15, 0.2) is 30.6 Å². The van der Waals surface area contributed by atoms with Crippen molar-refractivity contribution in [2.75, 3.05) is 24.5 Å². The molecule has 1 fully saturated rings. The molecule has 2 unspecified atom stereocenters. The van der Waals surface area contributed by atoms with E-state index in [4.69, 9.17) is 0 Å². The molecule has 7 heteroatoms. The summed E-state index contributed by atoms with van der Waals surface area (Å²) in [4.78, 5) is 17.2. The molecule has 25 heavy (non-hydrogen) atoms. The predicted octanol–water partition coefficient (Wildman–Crippen LogP) is 1.72. The summed E-state index contributed by atoms with van der Waals surface area (Å²) in [5, 5.41) is 11.0. The fourth-order valence-corrected chi connectivity index (χ4v) is 3.98. The van der Waals surface area contributed by atoms with Gasteiger partial charge >= 0.3 is 6.03 Å². The van der Waals surface area contributed by atoms with Gasteiger partial charge in [-0.3, -0.25) is 0 Å². The molecule has 2 atom stereocenters. The average Bonchev–Trinajstić information content (AvgIpc) is 3.11. The number of aryl methyl sites for hydroxylation is 1. The van der Waals surface area contributed by atoms with E-state index in [1.54, 1.807) is 6.33 Å². The van der Waals surface area contributed by atoms with Crippen molar-refractivity contribution in [3.8, 4) is 0 Å². The van der Waals surface area contributed by atoms with E-state index < -0.39 is 0 Å². The van der Waals surface area contributed by atoms with Gasteiger partial charge in [-0.25, -0.2) is 4.79 Å². The van der Waals surface area contributed by atoms with Gasteiger partial charge in [-0.1, -0.05) is 18.2 Å². The van der Waals surface area contributed by atoms with E-state index in [-0.39, 0.29) is 12.1 Å². The van der Waals surface area contributed by atoms with Crippen LogP contribution in [0.2, 0.25) is 0 Å². The third-order valence-electron chi connectivity index (χ3n) is 5.22. The number of nitrogens with zero attached hydrogens (tertiary/aromatic N) is 5. The summed E-state index contributed by atoms with van der Waals surface area (Å²) in [6, 6.07) is 8.77. The number of hydrogen-bond donors (Lipinski definition) is 1. The lowest BCUT2D eigenvalue weighted by atomic mass is 10.1. The highest BCUT2D eigenvalue weighted by Crippen LogP contribution is 2.33. The molecule has 0 bridgehead atoms. The lowest BCUT2D eigenvalue weighted by Gasteiger charge is -2.28. The highest BCUT2D eigenvalue weighted by atomic mass is 16.2. The number of benzene rings is 1. The maximum atomic E-state index is 12.8. The van der Waals surface area contributed by atoms with Crippen LogP contribution in [0.25, 0.3) is 0 Å². The number of carbonyl (C=O) groups is 1. The van der Waals surface area contributed by atoms with Crippen molar-refractivity contribution in [1.82, 2.24) is 25.0 Å². The number of para-hydroxylation sites is 1. The van der Waals surface area contributed by atoms with Crippen molar-refractivity contribution in [2.45, 2.75) is 31.8 Å². The molecule has 1 aromatic carbocycles. The average molecular weight is 340 g/mol. The lowest BCUT2D eigenvalue weighted by Crippen LogP contribution is -2.46. The molecular formula is C18H24N6O. The number of carbonyl (C=O) groups excluding carboxylic acids is 1. The highest BCUT2D eigenvalue weighted by Gasteiger charge is 2.33. The van der Waals surface area contributed by atoms with Gasteiger partial charge in [0.1, 0.15) is 6.33 Å². The monoisotopic (exact) mass is 340 g/mol. The van der Waals surface area contributed by atoms with Crippen molar-refractivity contribution < 1.29 is 4.79 Å². The number of rotatable bonds is 2. The fraction of sp³-hybridized carbons (Fsp3) is 0.500. The first-order chi connectivity index (χ1) is 12.1. The third-order valence-corrected chi connectivity index (χ3v) is 5.22. The minimum Gasteiger partial charge on any atom is -0.366 e. The summed E-state index contributed by atoms with van der Waals surface area (Å²) in [5.74, 6) is 0.762. The molecule has 1 saturated heterocycles. The third kappa shape index (κ3) is 2.94. The molecule has 0 radical (unpaired) electrons. The van der Waals surface area contributed by atoms with Gasteiger partial charge in [0.2, 0.25) is 0 Å². The maximum Gasteiger partial charge on any atom is 0.318 e. The van der Waals surface area contributed by atoms with Crippen LogP contribution in [0.4, 0.5) is 10.5 Å². The highest BCUT2D eigenvalue weighted by molar-refractivity contribution is 5.75. The van der Waals surface area contributed by atoms with E-state index in [0.29, 0.717) is 6.04 Å². The second kappa shape index (κ2) is 6.38. The number of nitrogens with one attached hydrogen (secondary N) is 1. The Balaban J connectivity index is 1.44. The second-order valence-corrected chi connectivity index (χ2v) is 6.95. The Morgan fingerprint density at radius 1 is 1.32 bits per heavy atom. The Kier molecular flexibility index (Phi) is 4.07. The van der Waals surface area contributed by atoms with Crippen LogP contribution in [0, 0.1) is 0 Å². The van der Waals surface area contributed by atoms with E-state index in [2.05, 4.69) is 44.7 Å². The van der Waals surface area contributed by atoms with Gasteiger partial charge in [0.05, 0.1) is 12.1 Å². The minimum absolute atomic E-state index is 0.0201. The zero-order chi connectivity index (χ0) is 17.4. The molecule has 0 saturated carbocycles. The number of fused-ring (bicyclic) bond motifs is 3. The molecule has 132 valence electrons. The maximum absolute atomic E-state index is 12.8. The predicted molar refractivity (Wildman–Crippen MR) is 95.4 cm³/mol. The second-order valence-electron chi connectivity index (χ2n) is 6.95. The van der Waals surface area contributed by atoms with Gasteiger partial charge in [0, 0.05) is 32.4 Å². The van der Waals surface area contributed by atoms with Crippen molar-refractivity contribution in [2.24, 2.45) is 7.05 Å². The number of urea groups is 1. The standard InChI is InChI=1S/C18H24N6O/c1-13(17-21-19-12-22(17)2)20-18(25)23-8-5-9-24-15(11-23)10-14-6-3-4-7-16(14)24/h3-4,6-7,12-13,15H,5,8-11H2,1-2H3,(H,20,25).